The van der Waals surface area contributed by atoms with Crippen molar-refractivity contribution in [2.75, 3.05) is 0 Å². The molecule has 1 aromatic carbocycles. The Balaban J connectivity index is 2.82. The molecule has 0 amide bonds. The number of aryl methyl sites for hydroxylation is 2. The zero-order valence-corrected chi connectivity index (χ0v) is 10.0. The molecule has 0 spiro atoms. The number of hydrogen-bond acceptors (Lipinski definition) is 1. The molecule has 1 atom stereocenters. The van der Waals surface area contributed by atoms with E-state index in [0.717, 1.165) is 12.8 Å². The van der Waals surface area contributed by atoms with Crippen molar-refractivity contribution in [2.24, 2.45) is 5.73 Å². The molecule has 0 aliphatic heterocycles. The van der Waals surface area contributed by atoms with Gasteiger partial charge in [0, 0.05) is 6.04 Å². The highest BCUT2D eigenvalue weighted by Gasteiger charge is 2.09. The summed E-state index contributed by atoms with van der Waals surface area (Å²) in [6.07, 6.45) is 1.90. The Morgan fingerprint density at radius 3 is 2.60 bits per heavy atom. The van der Waals surface area contributed by atoms with Crippen LogP contribution in [-0.2, 0) is 0 Å². The normalized spacial score (nSPS) is 12.5. The third-order valence-corrected chi connectivity index (χ3v) is 2.83. The van der Waals surface area contributed by atoms with Gasteiger partial charge in [-0.25, -0.2) is 0 Å². The molecular formula is C14H21N. The summed E-state index contributed by atoms with van der Waals surface area (Å²) in [5.74, 6) is 0. The van der Waals surface area contributed by atoms with Crippen molar-refractivity contribution in [3.05, 3.63) is 47.0 Å². The van der Waals surface area contributed by atoms with Crippen LogP contribution in [0.5, 0.6) is 0 Å². The van der Waals surface area contributed by atoms with Gasteiger partial charge in [0.15, 0.2) is 0 Å². The van der Waals surface area contributed by atoms with E-state index in [1.807, 2.05) is 0 Å². The second kappa shape index (κ2) is 5.13. The molecule has 0 saturated carbocycles. The fraction of sp³-hybridized carbons (Fsp3) is 0.429. The lowest BCUT2D eigenvalue weighted by atomic mass is 9.95. The molecule has 2 N–H and O–H groups in total. The Labute approximate surface area is 93.0 Å². The molecular weight excluding hydrogens is 182 g/mol. The third kappa shape index (κ3) is 3.21. The maximum Gasteiger partial charge on any atom is 0.0335 e. The molecule has 1 nitrogen and oxygen atoms in total. The van der Waals surface area contributed by atoms with E-state index in [0.29, 0.717) is 0 Å². The van der Waals surface area contributed by atoms with E-state index in [4.69, 9.17) is 5.73 Å². The SMILES string of the molecule is C=C(CC)CC(N)c1ccc(C)cc1C. The van der Waals surface area contributed by atoms with E-state index < -0.39 is 0 Å². The van der Waals surface area contributed by atoms with Gasteiger partial charge in [-0.1, -0.05) is 42.8 Å². The van der Waals surface area contributed by atoms with Crippen LogP contribution in [0, 0.1) is 13.8 Å². The number of benzene rings is 1. The standard InChI is InChI=1S/C14H21N/c1-5-10(2)9-14(15)13-7-6-11(3)8-12(13)4/h6-8,14H,2,5,9,15H2,1,3-4H3. The molecule has 0 bridgehead atoms. The van der Waals surface area contributed by atoms with Crippen molar-refractivity contribution >= 4 is 0 Å². The average Bonchev–Trinajstić information content (AvgIpc) is 2.17. The van der Waals surface area contributed by atoms with Crippen LogP contribution in [0.2, 0.25) is 0 Å². The van der Waals surface area contributed by atoms with Gasteiger partial charge in [-0.3, -0.25) is 0 Å². The van der Waals surface area contributed by atoms with Gasteiger partial charge in [0.25, 0.3) is 0 Å². The molecule has 0 aromatic heterocycles. The smallest absolute Gasteiger partial charge is 0.0335 e. The molecule has 0 aliphatic carbocycles. The van der Waals surface area contributed by atoms with Gasteiger partial charge in [0.2, 0.25) is 0 Å². The van der Waals surface area contributed by atoms with Crippen molar-refractivity contribution in [1.82, 2.24) is 0 Å². The van der Waals surface area contributed by atoms with E-state index in [9.17, 15) is 0 Å². The van der Waals surface area contributed by atoms with Crippen molar-refractivity contribution in [3.63, 3.8) is 0 Å². The zero-order valence-electron chi connectivity index (χ0n) is 10.0. The lowest BCUT2D eigenvalue weighted by Gasteiger charge is -2.16. The predicted molar refractivity (Wildman–Crippen MR) is 66.9 cm³/mol. The van der Waals surface area contributed by atoms with Crippen LogP contribution in [0.4, 0.5) is 0 Å². The fourth-order valence-electron chi connectivity index (χ4n) is 1.81. The minimum Gasteiger partial charge on any atom is -0.324 e. The van der Waals surface area contributed by atoms with Gasteiger partial charge in [0.1, 0.15) is 0 Å². The Kier molecular flexibility index (Phi) is 4.10. The molecule has 82 valence electrons. The van der Waals surface area contributed by atoms with Crippen molar-refractivity contribution in [2.45, 2.75) is 39.7 Å². The summed E-state index contributed by atoms with van der Waals surface area (Å²) in [4.78, 5) is 0. The summed E-state index contributed by atoms with van der Waals surface area (Å²) in [6, 6.07) is 6.54. The van der Waals surface area contributed by atoms with Crippen molar-refractivity contribution in [1.29, 1.82) is 0 Å². The number of rotatable bonds is 4. The first-order chi connectivity index (χ1) is 7.04. The minimum absolute atomic E-state index is 0.0954. The van der Waals surface area contributed by atoms with Gasteiger partial charge in [-0.2, -0.15) is 0 Å². The van der Waals surface area contributed by atoms with E-state index in [1.54, 1.807) is 0 Å². The third-order valence-electron chi connectivity index (χ3n) is 2.83. The Morgan fingerprint density at radius 2 is 2.07 bits per heavy atom. The Bertz CT molecular complexity index is 352. The molecule has 0 radical (unpaired) electrons. The summed E-state index contributed by atoms with van der Waals surface area (Å²) >= 11 is 0. The van der Waals surface area contributed by atoms with Crippen LogP contribution in [0.1, 0.15) is 42.5 Å². The largest absolute Gasteiger partial charge is 0.324 e. The highest BCUT2D eigenvalue weighted by Crippen LogP contribution is 2.23. The summed E-state index contributed by atoms with van der Waals surface area (Å²) in [6.45, 7) is 10.4. The van der Waals surface area contributed by atoms with Crippen molar-refractivity contribution < 1.29 is 0 Å². The topological polar surface area (TPSA) is 26.0 Å². The summed E-state index contributed by atoms with van der Waals surface area (Å²) in [5, 5.41) is 0. The lowest BCUT2D eigenvalue weighted by molar-refractivity contribution is 0.696. The molecule has 1 aromatic rings. The van der Waals surface area contributed by atoms with E-state index in [-0.39, 0.29) is 6.04 Å². The van der Waals surface area contributed by atoms with Gasteiger partial charge >= 0.3 is 0 Å². The predicted octanol–water partition coefficient (Wildman–Crippen LogP) is 3.66. The molecule has 1 heteroatoms. The second-order valence-corrected chi connectivity index (χ2v) is 4.27. The Hall–Kier alpha value is -1.08. The molecule has 0 fully saturated rings. The number of hydrogen-bond donors (Lipinski definition) is 1. The van der Waals surface area contributed by atoms with E-state index in [1.165, 1.54) is 22.3 Å². The molecule has 15 heavy (non-hydrogen) atoms. The monoisotopic (exact) mass is 203 g/mol. The summed E-state index contributed by atoms with van der Waals surface area (Å²) in [7, 11) is 0. The summed E-state index contributed by atoms with van der Waals surface area (Å²) < 4.78 is 0. The molecule has 0 aliphatic rings. The first-order valence-corrected chi connectivity index (χ1v) is 5.54. The number of nitrogens with two attached hydrogens (primary N) is 1. The Morgan fingerprint density at radius 1 is 1.40 bits per heavy atom. The zero-order chi connectivity index (χ0) is 11.4. The maximum atomic E-state index is 6.16. The highest BCUT2D eigenvalue weighted by molar-refractivity contribution is 5.33. The summed E-state index contributed by atoms with van der Waals surface area (Å²) in [5.41, 5.74) is 11.2. The molecule has 0 heterocycles. The van der Waals surface area contributed by atoms with Gasteiger partial charge in [-0.05, 0) is 37.8 Å². The lowest BCUT2D eigenvalue weighted by Crippen LogP contribution is -2.12. The van der Waals surface area contributed by atoms with Crippen LogP contribution >= 0.6 is 0 Å². The second-order valence-electron chi connectivity index (χ2n) is 4.27. The highest BCUT2D eigenvalue weighted by atomic mass is 14.6. The molecule has 1 rings (SSSR count). The average molecular weight is 203 g/mol. The van der Waals surface area contributed by atoms with Crippen LogP contribution in [-0.4, -0.2) is 0 Å². The molecule has 0 saturated heterocycles. The van der Waals surface area contributed by atoms with Gasteiger partial charge in [-0.15, -0.1) is 0 Å². The van der Waals surface area contributed by atoms with Crippen LogP contribution in [0.3, 0.4) is 0 Å². The van der Waals surface area contributed by atoms with Gasteiger partial charge in [0.05, 0.1) is 0 Å². The van der Waals surface area contributed by atoms with Crippen LogP contribution < -0.4 is 5.73 Å². The van der Waals surface area contributed by atoms with Crippen LogP contribution in [0.15, 0.2) is 30.4 Å². The quantitative estimate of drug-likeness (QED) is 0.742. The van der Waals surface area contributed by atoms with Gasteiger partial charge < -0.3 is 5.73 Å². The molecule has 1 unspecified atom stereocenters. The van der Waals surface area contributed by atoms with E-state index in [2.05, 4.69) is 45.5 Å². The maximum absolute atomic E-state index is 6.16. The van der Waals surface area contributed by atoms with Crippen LogP contribution in [0.25, 0.3) is 0 Å². The first kappa shape index (κ1) is 12.0. The first-order valence-electron chi connectivity index (χ1n) is 5.54. The van der Waals surface area contributed by atoms with E-state index >= 15 is 0 Å². The minimum atomic E-state index is 0.0954. The fourth-order valence-corrected chi connectivity index (χ4v) is 1.81. The van der Waals surface area contributed by atoms with Crippen molar-refractivity contribution in [3.8, 4) is 0 Å².